The molecule has 0 amide bonds. The van der Waals surface area contributed by atoms with Crippen molar-refractivity contribution >= 4 is 5.65 Å². The van der Waals surface area contributed by atoms with Crippen LogP contribution >= 0.6 is 0 Å². The summed E-state index contributed by atoms with van der Waals surface area (Å²) < 4.78 is 28.6. The molecule has 138 valence electrons. The zero-order valence-electron chi connectivity index (χ0n) is 14.8. The van der Waals surface area contributed by atoms with E-state index in [-0.39, 0.29) is 5.82 Å². The van der Waals surface area contributed by atoms with Crippen LogP contribution < -0.4 is 0 Å². The molecule has 0 saturated carbocycles. The smallest absolute Gasteiger partial charge is 0.139 e. The summed E-state index contributed by atoms with van der Waals surface area (Å²) in [7, 11) is 1.69. The third-order valence-corrected chi connectivity index (χ3v) is 4.32. The number of aliphatic hydroxyl groups is 1. The van der Waals surface area contributed by atoms with Gasteiger partial charge in [-0.2, -0.15) is 15.0 Å². The molecule has 4 aromatic rings. The van der Waals surface area contributed by atoms with Crippen LogP contribution in [0.4, 0.5) is 8.78 Å². The maximum atomic E-state index is 13.6. The highest BCUT2D eigenvalue weighted by molar-refractivity contribution is 5.66. The van der Waals surface area contributed by atoms with E-state index in [0.29, 0.717) is 40.3 Å². The van der Waals surface area contributed by atoms with Gasteiger partial charge in [0.25, 0.3) is 0 Å². The SMILES string of the molecule is C[C@@H](O)c1cc(F)ccc1-c1nn(C)nc1Cc1cn2cc(F)ccc2n1. The number of fused-ring (bicyclic) bond motifs is 1. The number of rotatable bonds is 4. The first-order valence-corrected chi connectivity index (χ1v) is 8.42. The van der Waals surface area contributed by atoms with Crippen LogP contribution in [0.15, 0.2) is 42.7 Å². The van der Waals surface area contributed by atoms with Crippen molar-refractivity contribution < 1.29 is 13.9 Å². The normalized spacial score (nSPS) is 12.6. The fourth-order valence-corrected chi connectivity index (χ4v) is 3.14. The molecular formula is C19H17F2N5O. The number of halogens is 2. The molecule has 0 aliphatic rings. The predicted octanol–water partition coefficient (Wildman–Crippen LogP) is 3.05. The molecule has 0 bridgehead atoms. The average Bonchev–Trinajstić information content (AvgIpc) is 3.17. The molecule has 6 nitrogen and oxygen atoms in total. The van der Waals surface area contributed by atoms with E-state index >= 15 is 0 Å². The molecule has 27 heavy (non-hydrogen) atoms. The molecule has 0 spiro atoms. The second kappa shape index (κ2) is 6.55. The lowest BCUT2D eigenvalue weighted by atomic mass is 9.98. The maximum absolute atomic E-state index is 13.6. The predicted molar refractivity (Wildman–Crippen MR) is 95.0 cm³/mol. The standard InChI is InChI=1S/C19H17F2N5O/c1-11(27)16-7-12(20)3-5-15(16)19-17(23-25(2)24-19)8-14-10-26-9-13(21)4-6-18(26)22-14/h3-7,9-11,27H,8H2,1-2H3/t11-/m1/s1. The molecule has 1 atom stereocenters. The minimum Gasteiger partial charge on any atom is -0.389 e. The van der Waals surface area contributed by atoms with Crippen molar-refractivity contribution in [3.8, 4) is 11.3 Å². The number of hydrogen-bond donors (Lipinski definition) is 1. The van der Waals surface area contributed by atoms with Crippen molar-refractivity contribution in [1.82, 2.24) is 24.4 Å². The van der Waals surface area contributed by atoms with E-state index in [1.54, 1.807) is 36.7 Å². The third-order valence-electron chi connectivity index (χ3n) is 4.32. The van der Waals surface area contributed by atoms with E-state index in [0.717, 1.165) is 0 Å². The zero-order valence-corrected chi connectivity index (χ0v) is 14.8. The Bertz CT molecular complexity index is 1130. The van der Waals surface area contributed by atoms with Crippen LogP contribution in [-0.2, 0) is 13.5 Å². The molecule has 1 aromatic carbocycles. The summed E-state index contributed by atoms with van der Waals surface area (Å²) in [6.07, 6.45) is 2.60. The molecule has 0 radical (unpaired) electrons. The van der Waals surface area contributed by atoms with Gasteiger partial charge >= 0.3 is 0 Å². The number of aryl methyl sites for hydroxylation is 1. The van der Waals surface area contributed by atoms with Crippen molar-refractivity contribution in [3.63, 3.8) is 0 Å². The van der Waals surface area contributed by atoms with Gasteiger partial charge in [-0.1, -0.05) is 0 Å². The van der Waals surface area contributed by atoms with Gasteiger partial charge in [0, 0.05) is 31.4 Å². The zero-order chi connectivity index (χ0) is 19.1. The molecule has 3 aromatic heterocycles. The molecule has 8 heteroatoms. The van der Waals surface area contributed by atoms with Gasteiger partial charge in [-0.3, -0.25) is 0 Å². The average molecular weight is 369 g/mol. The van der Waals surface area contributed by atoms with Gasteiger partial charge < -0.3 is 9.51 Å². The quantitative estimate of drug-likeness (QED) is 0.600. The van der Waals surface area contributed by atoms with Gasteiger partial charge in [-0.25, -0.2) is 13.8 Å². The third kappa shape index (κ3) is 3.31. The molecule has 0 aliphatic carbocycles. The van der Waals surface area contributed by atoms with Gasteiger partial charge in [0.15, 0.2) is 0 Å². The topological polar surface area (TPSA) is 68.2 Å². The fourth-order valence-electron chi connectivity index (χ4n) is 3.14. The Hall–Kier alpha value is -3.13. The van der Waals surface area contributed by atoms with E-state index < -0.39 is 11.9 Å². The summed E-state index contributed by atoms with van der Waals surface area (Å²) >= 11 is 0. The molecule has 0 saturated heterocycles. The van der Waals surface area contributed by atoms with E-state index in [4.69, 9.17) is 0 Å². The van der Waals surface area contributed by atoms with E-state index in [2.05, 4.69) is 15.2 Å². The van der Waals surface area contributed by atoms with E-state index in [1.807, 2.05) is 0 Å². The van der Waals surface area contributed by atoms with E-state index in [1.165, 1.54) is 29.2 Å². The van der Waals surface area contributed by atoms with Crippen LogP contribution in [0.2, 0.25) is 0 Å². The number of nitrogens with zero attached hydrogens (tertiary/aromatic N) is 5. The van der Waals surface area contributed by atoms with Crippen LogP contribution in [0.3, 0.4) is 0 Å². The van der Waals surface area contributed by atoms with Crippen LogP contribution in [-0.4, -0.2) is 29.5 Å². The first-order valence-electron chi connectivity index (χ1n) is 8.42. The van der Waals surface area contributed by atoms with Crippen molar-refractivity contribution in [2.45, 2.75) is 19.4 Å². The van der Waals surface area contributed by atoms with Crippen LogP contribution in [0.25, 0.3) is 16.9 Å². The second-order valence-electron chi connectivity index (χ2n) is 6.41. The number of hydrogen-bond acceptors (Lipinski definition) is 4. The van der Waals surface area contributed by atoms with Crippen LogP contribution in [0.1, 0.15) is 30.0 Å². The molecule has 0 fully saturated rings. The molecular weight excluding hydrogens is 352 g/mol. The Kier molecular flexibility index (Phi) is 4.19. The summed E-state index contributed by atoms with van der Waals surface area (Å²) in [4.78, 5) is 5.90. The summed E-state index contributed by atoms with van der Waals surface area (Å²) in [5, 5.41) is 18.8. The highest BCUT2D eigenvalue weighted by Crippen LogP contribution is 2.30. The van der Waals surface area contributed by atoms with Gasteiger partial charge in [0.1, 0.15) is 23.0 Å². The molecule has 4 rings (SSSR count). The molecule has 0 aliphatic heterocycles. The monoisotopic (exact) mass is 369 g/mol. The van der Waals surface area contributed by atoms with Crippen molar-refractivity contribution in [2.24, 2.45) is 7.05 Å². The van der Waals surface area contributed by atoms with Crippen molar-refractivity contribution in [1.29, 1.82) is 0 Å². The Morgan fingerprint density at radius 2 is 1.85 bits per heavy atom. The minimum atomic E-state index is -0.858. The lowest BCUT2D eigenvalue weighted by molar-refractivity contribution is 0.199. The van der Waals surface area contributed by atoms with Crippen LogP contribution in [0.5, 0.6) is 0 Å². The Morgan fingerprint density at radius 1 is 1.07 bits per heavy atom. The number of aromatic nitrogens is 5. The minimum absolute atomic E-state index is 0.348. The summed E-state index contributed by atoms with van der Waals surface area (Å²) in [6.45, 7) is 1.57. The molecule has 3 heterocycles. The number of imidazole rings is 1. The van der Waals surface area contributed by atoms with Gasteiger partial charge in [-0.05, 0) is 42.8 Å². The number of benzene rings is 1. The highest BCUT2D eigenvalue weighted by atomic mass is 19.1. The van der Waals surface area contributed by atoms with Gasteiger partial charge in [0.2, 0.25) is 0 Å². The molecule has 0 unspecified atom stereocenters. The largest absolute Gasteiger partial charge is 0.389 e. The first-order chi connectivity index (χ1) is 12.9. The Morgan fingerprint density at radius 3 is 2.63 bits per heavy atom. The number of pyridine rings is 1. The van der Waals surface area contributed by atoms with Gasteiger partial charge in [-0.15, -0.1) is 0 Å². The summed E-state index contributed by atoms with van der Waals surface area (Å²) in [5.41, 5.74) is 3.57. The second-order valence-corrected chi connectivity index (χ2v) is 6.41. The highest BCUT2D eigenvalue weighted by Gasteiger charge is 2.19. The van der Waals surface area contributed by atoms with Crippen molar-refractivity contribution in [3.05, 3.63) is 71.3 Å². The number of aliphatic hydroxyl groups excluding tert-OH is 1. The first kappa shape index (κ1) is 17.3. The molecule has 1 N–H and O–H groups in total. The van der Waals surface area contributed by atoms with E-state index in [9.17, 15) is 13.9 Å². The Labute approximate surface area is 153 Å². The maximum Gasteiger partial charge on any atom is 0.139 e. The summed E-state index contributed by atoms with van der Waals surface area (Å²) in [6, 6.07) is 7.17. The van der Waals surface area contributed by atoms with Gasteiger partial charge in [0.05, 0.1) is 17.5 Å². The summed E-state index contributed by atoms with van der Waals surface area (Å²) in [5.74, 6) is -0.776. The fraction of sp³-hybridized carbons (Fsp3) is 0.211. The van der Waals surface area contributed by atoms with Crippen molar-refractivity contribution in [2.75, 3.05) is 0 Å². The Balaban J connectivity index is 1.77. The van der Waals surface area contributed by atoms with Crippen LogP contribution in [0, 0.1) is 11.6 Å². The lowest BCUT2D eigenvalue weighted by Gasteiger charge is -2.11. The lowest BCUT2D eigenvalue weighted by Crippen LogP contribution is -1.99.